The number of rotatable bonds is 1. The maximum atomic E-state index is 3.14. The smallest absolute Gasteiger partial charge is 0 e. The fourth-order valence-electron chi connectivity index (χ4n) is 0.815. The van der Waals surface area contributed by atoms with Crippen molar-refractivity contribution in [3.8, 4) is 0 Å². The minimum atomic E-state index is 0. The molecule has 1 rings (SSSR count). The van der Waals surface area contributed by atoms with E-state index in [1.807, 2.05) is 0 Å². The molecule has 48 valence electrons. The van der Waals surface area contributed by atoms with E-state index in [0.717, 1.165) is 6.42 Å². The third kappa shape index (κ3) is 2.51. The van der Waals surface area contributed by atoms with Crippen molar-refractivity contribution < 1.29 is 21.7 Å². The van der Waals surface area contributed by atoms with E-state index in [0.29, 0.717) is 5.92 Å². The van der Waals surface area contributed by atoms with Gasteiger partial charge < -0.3 is 0 Å². The van der Waals surface area contributed by atoms with Crippen LogP contribution in [0, 0.1) is 12.0 Å². The number of hydrogen-bond donors (Lipinski definition) is 0. The molecule has 0 N–H and O–H groups in total. The molecule has 0 aliphatic heterocycles. The Morgan fingerprint density at radius 1 is 1.56 bits per heavy atom. The van der Waals surface area contributed by atoms with Gasteiger partial charge in [-0.25, -0.2) is 6.08 Å². The van der Waals surface area contributed by atoms with Gasteiger partial charge in [0.1, 0.15) is 0 Å². The summed E-state index contributed by atoms with van der Waals surface area (Å²) in [5.41, 5.74) is 1.44. The van der Waals surface area contributed by atoms with Crippen LogP contribution in [0.15, 0.2) is 17.7 Å². The van der Waals surface area contributed by atoms with E-state index in [1.165, 1.54) is 5.57 Å². The van der Waals surface area contributed by atoms with Gasteiger partial charge in [0.15, 0.2) is 0 Å². The Labute approximate surface area is 71.9 Å². The summed E-state index contributed by atoms with van der Waals surface area (Å²) in [5, 5.41) is 0. The monoisotopic (exact) mass is 155 g/mol. The van der Waals surface area contributed by atoms with Gasteiger partial charge in [-0.1, -0.05) is 19.8 Å². The molecular formula is C8H11Ti-. The molecule has 0 unspecified atom stereocenters. The Balaban J connectivity index is 0.000000640. The third-order valence-electron chi connectivity index (χ3n) is 1.39. The molecule has 0 nitrogen and oxygen atoms in total. The molecule has 9 heavy (non-hydrogen) atoms. The van der Waals surface area contributed by atoms with E-state index >= 15 is 0 Å². The van der Waals surface area contributed by atoms with Crippen molar-refractivity contribution in [1.29, 1.82) is 0 Å². The zero-order chi connectivity index (χ0) is 5.98. The van der Waals surface area contributed by atoms with E-state index in [1.54, 1.807) is 0 Å². The molecular weight excluding hydrogens is 144 g/mol. The first-order valence-electron chi connectivity index (χ1n) is 3.07. The molecule has 1 aliphatic carbocycles. The molecule has 0 saturated heterocycles. The molecule has 0 aromatic carbocycles. The van der Waals surface area contributed by atoms with Crippen molar-refractivity contribution in [3.05, 3.63) is 23.8 Å². The number of allylic oxidation sites excluding steroid dienone is 4. The summed E-state index contributed by atoms with van der Waals surface area (Å²) in [5.74, 6) is 0.685. The summed E-state index contributed by atoms with van der Waals surface area (Å²) in [7, 11) is 0. The molecule has 1 aliphatic rings. The molecule has 0 aromatic rings. The first kappa shape index (κ1) is 9.19. The minimum absolute atomic E-state index is 0. The van der Waals surface area contributed by atoms with Gasteiger partial charge in [0.05, 0.1) is 0 Å². The molecule has 0 saturated carbocycles. The van der Waals surface area contributed by atoms with Gasteiger partial charge in [-0.05, 0) is 0 Å². The predicted molar refractivity (Wildman–Crippen MR) is 35.4 cm³/mol. The zero-order valence-electron chi connectivity index (χ0n) is 5.94. The van der Waals surface area contributed by atoms with Gasteiger partial charge in [-0.2, -0.15) is 11.6 Å². The van der Waals surface area contributed by atoms with Crippen LogP contribution in [0.5, 0.6) is 0 Å². The van der Waals surface area contributed by atoms with Gasteiger partial charge in [0.2, 0.25) is 0 Å². The van der Waals surface area contributed by atoms with Crippen molar-refractivity contribution in [3.63, 3.8) is 0 Å². The van der Waals surface area contributed by atoms with Crippen LogP contribution in [0.1, 0.15) is 20.3 Å². The molecule has 0 atom stereocenters. The van der Waals surface area contributed by atoms with E-state index in [-0.39, 0.29) is 21.7 Å². The summed E-state index contributed by atoms with van der Waals surface area (Å²) >= 11 is 0. The van der Waals surface area contributed by atoms with Crippen LogP contribution in [0.25, 0.3) is 0 Å². The summed E-state index contributed by atoms with van der Waals surface area (Å²) in [6.07, 6.45) is 8.47. The normalized spacial score (nSPS) is 15.7. The zero-order valence-corrected chi connectivity index (χ0v) is 7.50. The Morgan fingerprint density at radius 3 is 2.44 bits per heavy atom. The van der Waals surface area contributed by atoms with Crippen LogP contribution >= 0.6 is 0 Å². The standard InChI is InChI=1S/C8H11.Ti/c1-7(2)8-5-3-4-6-8;/h5-7H,3H2,1-2H3;/q-1;. The first-order chi connectivity index (χ1) is 3.80. The topological polar surface area (TPSA) is 0 Å². The summed E-state index contributed by atoms with van der Waals surface area (Å²) in [6.45, 7) is 4.41. The van der Waals surface area contributed by atoms with Crippen LogP contribution in [0.3, 0.4) is 0 Å². The largest absolute Gasteiger partial charge is 0.273 e. The molecule has 0 spiro atoms. The van der Waals surface area contributed by atoms with Crippen molar-refractivity contribution in [1.82, 2.24) is 0 Å². The van der Waals surface area contributed by atoms with Crippen LogP contribution in [0.4, 0.5) is 0 Å². The SMILES string of the molecule is CC(C)C1=CC[C-]=C1.[Ti]. The maximum absolute atomic E-state index is 3.14. The van der Waals surface area contributed by atoms with Crippen LogP contribution in [0.2, 0.25) is 0 Å². The fraction of sp³-hybridized carbons (Fsp3) is 0.500. The van der Waals surface area contributed by atoms with Gasteiger partial charge in [-0.3, -0.25) is 6.08 Å². The Kier molecular flexibility index (Phi) is 4.17. The van der Waals surface area contributed by atoms with Crippen molar-refractivity contribution >= 4 is 0 Å². The third-order valence-corrected chi connectivity index (χ3v) is 1.39. The minimum Gasteiger partial charge on any atom is -0.273 e. The van der Waals surface area contributed by atoms with Crippen LogP contribution < -0.4 is 0 Å². The molecule has 0 fully saturated rings. The molecule has 0 radical (unpaired) electrons. The van der Waals surface area contributed by atoms with E-state index in [4.69, 9.17) is 0 Å². The molecule has 0 heterocycles. The average Bonchev–Trinajstić information content (AvgIpc) is 2.12. The second-order valence-electron chi connectivity index (χ2n) is 2.41. The Bertz CT molecular complexity index is 132. The van der Waals surface area contributed by atoms with Crippen molar-refractivity contribution in [2.24, 2.45) is 5.92 Å². The van der Waals surface area contributed by atoms with Crippen molar-refractivity contribution in [2.75, 3.05) is 0 Å². The summed E-state index contributed by atoms with van der Waals surface area (Å²) in [6, 6.07) is 0. The van der Waals surface area contributed by atoms with Crippen LogP contribution in [-0.2, 0) is 21.7 Å². The van der Waals surface area contributed by atoms with E-state index in [9.17, 15) is 0 Å². The molecule has 0 aromatic heterocycles. The van der Waals surface area contributed by atoms with Gasteiger partial charge in [0, 0.05) is 21.7 Å². The summed E-state index contributed by atoms with van der Waals surface area (Å²) < 4.78 is 0. The molecule has 0 amide bonds. The van der Waals surface area contributed by atoms with Gasteiger partial charge in [0.25, 0.3) is 0 Å². The molecule has 0 bridgehead atoms. The number of hydrogen-bond acceptors (Lipinski definition) is 0. The summed E-state index contributed by atoms with van der Waals surface area (Å²) in [4.78, 5) is 0. The van der Waals surface area contributed by atoms with Gasteiger partial charge >= 0.3 is 0 Å². The first-order valence-corrected chi connectivity index (χ1v) is 3.07. The second kappa shape index (κ2) is 4.08. The Morgan fingerprint density at radius 2 is 2.22 bits per heavy atom. The average molecular weight is 155 g/mol. The van der Waals surface area contributed by atoms with Crippen LogP contribution in [-0.4, -0.2) is 0 Å². The maximum Gasteiger partial charge on any atom is 0 e. The quantitative estimate of drug-likeness (QED) is 0.402. The second-order valence-corrected chi connectivity index (χ2v) is 2.41. The van der Waals surface area contributed by atoms with E-state index < -0.39 is 0 Å². The fourth-order valence-corrected chi connectivity index (χ4v) is 0.815. The van der Waals surface area contributed by atoms with E-state index in [2.05, 4.69) is 32.1 Å². The van der Waals surface area contributed by atoms with Gasteiger partial charge in [-0.15, -0.1) is 6.42 Å². The van der Waals surface area contributed by atoms with Crippen molar-refractivity contribution in [2.45, 2.75) is 20.3 Å². The molecule has 1 heteroatoms. The Hall–Kier alpha value is 0.194. The predicted octanol–water partition coefficient (Wildman–Crippen LogP) is 2.33.